The van der Waals surface area contributed by atoms with Gasteiger partial charge in [0.2, 0.25) is 12.3 Å². The molecule has 0 radical (unpaired) electrons. The summed E-state index contributed by atoms with van der Waals surface area (Å²) in [6, 6.07) is 21.3. The van der Waals surface area contributed by atoms with Gasteiger partial charge in [0.25, 0.3) is 5.91 Å². The van der Waals surface area contributed by atoms with Crippen LogP contribution in [0.1, 0.15) is 85.7 Å². The largest absolute Gasteiger partial charge is 0.497 e. The third-order valence-electron chi connectivity index (χ3n) is 12.2. The highest BCUT2D eigenvalue weighted by Gasteiger charge is 2.35. The third-order valence-corrected chi connectivity index (χ3v) is 12.2. The van der Waals surface area contributed by atoms with Crippen LogP contribution in [0.5, 0.6) is 28.7 Å². The van der Waals surface area contributed by atoms with Crippen molar-refractivity contribution >= 4 is 65.1 Å². The Labute approximate surface area is 397 Å². The summed E-state index contributed by atoms with van der Waals surface area (Å²) in [5, 5.41) is 5.25. The molecule has 15 heteroatoms. The van der Waals surface area contributed by atoms with E-state index in [9.17, 15) is 19.2 Å². The smallest absolute Gasteiger partial charge is 0.260 e. The molecule has 0 saturated heterocycles. The molecule has 0 aromatic heterocycles. The Morgan fingerprint density at radius 3 is 2.06 bits per heavy atom. The van der Waals surface area contributed by atoms with Crippen LogP contribution in [0.4, 0.5) is 17.1 Å². The van der Waals surface area contributed by atoms with Gasteiger partial charge in [-0.25, -0.2) is 0 Å². The average Bonchev–Trinajstić information content (AvgIpc) is 3.90. The number of hydrogen-bond donors (Lipinski definition) is 2. The van der Waals surface area contributed by atoms with Crippen molar-refractivity contribution in [3.63, 3.8) is 0 Å². The second-order valence-electron chi connectivity index (χ2n) is 18.9. The number of ether oxygens (including phenoxy) is 5. The van der Waals surface area contributed by atoms with Crippen LogP contribution in [-0.2, 0) is 9.59 Å². The molecular formula is C53H60N6O9. The van der Waals surface area contributed by atoms with E-state index in [0.717, 1.165) is 34.3 Å². The highest BCUT2D eigenvalue weighted by molar-refractivity contribution is 6.05. The molecule has 0 aliphatic carbocycles. The van der Waals surface area contributed by atoms with Gasteiger partial charge in [0.05, 0.1) is 63.6 Å². The van der Waals surface area contributed by atoms with E-state index in [1.807, 2.05) is 74.2 Å². The van der Waals surface area contributed by atoms with Crippen molar-refractivity contribution in [3.8, 4) is 28.7 Å². The summed E-state index contributed by atoms with van der Waals surface area (Å²) in [7, 11) is 6.70. The maximum absolute atomic E-state index is 13.9. The summed E-state index contributed by atoms with van der Waals surface area (Å²) in [6.07, 6.45) is 10.9. The maximum atomic E-state index is 13.9. The minimum Gasteiger partial charge on any atom is -0.497 e. The lowest BCUT2D eigenvalue weighted by Crippen LogP contribution is -2.37. The first-order valence-electron chi connectivity index (χ1n) is 22.5. The Hall–Kier alpha value is -7.42. The number of aliphatic imine (C=N–C) groups is 2. The van der Waals surface area contributed by atoms with Gasteiger partial charge in [0, 0.05) is 61.7 Å². The van der Waals surface area contributed by atoms with E-state index < -0.39 is 6.04 Å². The minimum absolute atomic E-state index is 0.0788. The third kappa shape index (κ3) is 11.2. The number of carbonyl (C=O) groups is 4. The van der Waals surface area contributed by atoms with E-state index in [4.69, 9.17) is 33.7 Å². The van der Waals surface area contributed by atoms with E-state index in [2.05, 4.69) is 49.4 Å². The molecule has 68 heavy (non-hydrogen) atoms. The first kappa shape index (κ1) is 48.5. The van der Waals surface area contributed by atoms with E-state index >= 15 is 0 Å². The number of fused-ring (bicyclic) bond motifs is 2. The van der Waals surface area contributed by atoms with Gasteiger partial charge in [0.1, 0.15) is 11.8 Å². The van der Waals surface area contributed by atoms with Crippen molar-refractivity contribution in [3.05, 3.63) is 107 Å². The Bertz CT molecular complexity index is 2650. The van der Waals surface area contributed by atoms with Crippen molar-refractivity contribution in [2.75, 3.05) is 46.9 Å². The van der Waals surface area contributed by atoms with Gasteiger partial charge in [-0.05, 0) is 89.3 Å². The van der Waals surface area contributed by atoms with E-state index in [1.165, 1.54) is 7.11 Å². The number of carbonyl (C=O) groups excluding carboxylic acids is 4. The standard InChI is InChI=1S/C53H60N6O9/c1-33(56-32-61)50(62)57-39-14-10-34(11-15-39)36-18-40(58(6)26-36)24-54-44-22-48(46(65-8)20-38(44)28-60)67-30-52(2,3)29-53(4,5)31-68-49-23-45-43(21-47(49)66-9)51(63)59-27-37(19-41(59)25-55-45)35-12-16-42(64-7)17-13-35/h10-17,20-28,32-33,40-41H,18-19,29-31H2,1-9H3,(H,56,61)(H,57,62)/b54-24-. The summed E-state index contributed by atoms with van der Waals surface area (Å²) < 4.78 is 29.7. The predicted octanol–water partition coefficient (Wildman–Crippen LogP) is 8.92. The van der Waals surface area contributed by atoms with Crippen LogP contribution in [0, 0.1) is 10.8 Å². The second kappa shape index (κ2) is 20.6. The molecule has 4 aromatic carbocycles. The van der Waals surface area contributed by atoms with Crippen LogP contribution in [0.15, 0.2) is 95.2 Å². The SMILES string of the molecule is COc1ccc(C2=CN3C(=O)c4cc(OC)c(OCC(C)(C)CC(C)(C)COc5cc(/N=C\C6CC(c7ccc(NC(=O)C(C)NC=O)cc7)=CN6C)c(C=O)cc5OC)cc4N=CC3C2)cc1. The van der Waals surface area contributed by atoms with Crippen molar-refractivity contribution in [2.45, 2.75) is 72.0 Å². The van der Waals surface area contributed by atoms with Crippen molar-refractivity contribution in [2.24, 2.45) is 20.8 Å². The summed E-state index contributed by atoms with van der Waals surface area (Å²) in [5.41, 5.74) is 5.89. The van der Waals surface area contributed by atoms with Crippen molar-refractivity contribution in [1.29, 1.82) is 0 Å². The van der Waals surface area contributed by atoms with Gasteiger partial charge in [-0.3, -0.25) is 29.2 Å². The molecule has 0 saturated carbocycles. The van der Waals surface area contributed by atoms with Gasteiger partial charge in [0.15, 0.2) is 29.3 Å². The highest BCUT2D eigenvalue weighted by atomic mass is 16.5. The van der Waals surface area contributed by atoms with Crippen molar-refractivity contribution < 1.29 is 42.9 Å². The summed E-state index contributed by atoms with van der Waals surface area (Å²) >= 11 is 0. The molecule has 3 heterocycles. The second-order valence-corrected chi connectivity index (χ2v) is 18.9. The van der Waals surface area contributed by atoms with Crippen LogP contribution < -0.4 is 34.3 Å². The van der Waals surface area contributed by atoms with Crippen LogP contribution in [-0.4, -0.2) is 106 Å². The monoisotopic (exact) mass is 924 g/mol. The van der Waals surface area contributed by atoms with Gasteiger partial charge < -0.3 is 44.1 Å². The molecule has 3 amide bonds. The molecular weight excluding hydrogens is 865 g/mol. The number of amides is 3. The Kier molecular flexibility index (Phi) is 14.7. The van der Waals surface area contributed by atoms with E-state index in [1.54, 1.807) is 50.3 Å². The Morgan fingerprint density at radius 1 is 0.824 bits per heavy atom. The van der Waals surface area contributed by atoms with E-state index in [-0.39, 0.29) is 34.7 Å². The zero-order chi connectivity index (χ0) is 48.8. The lowest BCUT2D eigenvalue weighted by atomic mass is 9.76. The number of rotatable bonds is 20. The van der Waals surface area contributed by atoms with Crippen LogP contribution in [0.2, 0.25) is 0 Å². The normalized spacial score (nSPS) is 17.1. The predicted molar refractivity (Wildman–Crippen MR) is 264 cm³/mol. The van der Waals surface area contributed by atoms with Gasteiger partial charge >= 0.3 is 0 Å². The Morgan fingerprint density at radius 2 is 1.44 bits per heavy atom. The molecule has 2 N–H and O–H groups in total. The van der Waals surface area contributed by atoms with Crippen molar-refractivity contribution in [1.82, 2.24) is 15.1 Å². The fourth-order valence-corrected chi connectivity index (χ4v) is 8.84. The molecule has 3 atom stereocenters. The van der Waals surface area contributed by atoms with Gasteiger partial charge in [-0.15, -0.1) is 0 Å². The number of aldehydes is 1. The topological polar surface area (TPSA) is 170 Å². The van der Waals surface area contributed by atoms with E-state index in [0.29, 0.717) is 90.1 Å². The molecule has 0 bridgehead atoms. The molecule has 7 rings (SSSR count). The number of benzene rings is 4. The zero-order valence-electron chi connectivity index (χ0n) is 40.1. The van der Waals surface area contributed by atoms with Gasteiger partial charge in [-0.1, -0.05) is 52.0 Å². The number of nitrogens with one attached hydrogen (secondary N) is 2. The maximum Gasteiger partial charge on any atom is 0.260 e. The minimum atomic E-state index is -0.654. The molecule has 0 spiro atoms. The summed E-state index contributed by atoms with van der Waals surface area (Å²) in [6.45, 7) is 10.8. The van der Waals surface area contributed by atoms with Crippen LogP contribution >= 0.6 is 0 Å². The molecule has 3 unspecified atom stereocenters. The molecule has 4 aromatic rings. The highest BCUT2D eigenvalue weighted by Crippen LogP contribution is 2.43. The molecule has 3 aliphatic rings. The van der Waals surface area contributed by atoms with Gasteiger partial charge in [-0.2, -0.15) is 0 Å². The Balaban J connectivity index is 0.969. The lowest BCUT2D eigenvalue weighted by molar-refractivity contribution is -0.120. The first-order chi connectivity index (χ1) is 32.5. The average molecular weight is 925 g/mol. The fourth-order valence-electron chi connectivity index (χ4n) is 8.84. The van der Waals surface area contributed by atoms with Crippen LogP contribution in [0.3, 0.4) is 0 Å². The number of hydrogen-bond acceptors (Lipinski definition) is 12. The number of methoxy groups -OCH3 is 3. The number of anilines is 1. The number of nitrogens with zero attached hydrogens (tertiary/aromatic N) is 4. The fraction of sp³-hybridized carbons (Fsp3) is 0.358. The summed E-state index contributed by atoms with van der Waals surface area (Å²) in [5.74, 6) is 2.13. The molecule has 356 valence electrons. The van der Waals surface area contributed by atoms with Crippen LogP contribution in [0.25, 0.3) is 11.1 Å². The zero-order valence-corrected chi connectivity index (χ0v) is 40.1. The molecule has 3 aliphatic heterocycles. The molecule has 15 nitrogen and oxygen atoms in total. The summed E-state index contributed by atoms with van der Waals surface area (Å²) in [4.78, 5) is 62.6. The molecule has 0 fully saturated rings. The lowest BCUT2D eigenvalue weighted by Gasteiger charge is -2.35. The first-order valence-corrected chi connectivity index (χ1v) is 22.5. The quantitative estimate of drug-likeness (QED) is 0.0645.